The lowest BCUT2D eigenvalue weighted by molar-refractivity contribution is 0.330. The van der Waals surface area contributed by atoms with E-state index in [0.717, 1.165) is 5.92 Å². The lowest BCUT2D eigenvalue weighted by Crippen LogP contribution is -2.25. The van der Waals surface area contributed by atoms with Crippen LogP contribution in [0.3, 0.4) is 0 Å². The number of rotatable bonds is 7. The van der Waals surface area contributed by atoms with Crippen molar-refractivity contribution >= 4 is 0 Å². The van der Waals surface area contributed by atoms with E-state index in [1.807, 2.05) is 0 Å². The SMILES string of the molecule is CCCN(CCC)C1=CC=C(C(C)CC)CC1. The number of hydrogen-bond acceptors (Lipinski definition) is 1. The molecule has 1 nitrogen and oxygen atoms in total. The van der Waals surface area contributed by atoms with Gasteiger partial charge in [0.15, 0.2) is 0 Å². The molecule has 0 N–H and O–H groups in total. The second-order valence-corrected chi connectivity index (χ2v) is 5.20. The molecular weight excluding hydrogens is 206 g/mol. The van der Waals surface area contributed by atoms with Gasteiger partial charge in [0.05, 0.1) is 0 Å². The molecule has 0 bridgehead atoms. The summed E-state index contributed by atoms with van der Waals surface area (Å²) in [4.78, 5) is 2.57. The molecule has 1 atom stereocenters. The average molecular weight is 235 g/mol. The number of allylic oxidation sites excluding steroid dienone is 4. The predicted molar refractivity (Wildman–Crippen MR) is 77.0 cm³/mol. The zero-order valence-corrected chi connectivity index (χ0v) is 12.1. The van der Waals surface area contributed by atoms with E-state index in [2.05, 4.69) is 44.7 Å². The third-order valence-corrected chi connectivity index (χ3v) is 3.80. The monoisotopic (exact) mass is 235 g/mol. The van der Waals surface area contributed by atoms with Gasteiger partial charge in [-0.05, 0) is 44.1 Å². The highest BCUT2D eigenvalue weighted by atomic mass is 15.1. The van der Waals surface area contributed by atoms with Crippen molar-refractivity contribution in [2.45, 2.75) is 59.8 Å². The molecule has 0 heterocycles. The molecule has 1 rings (SSSR count). The fourth-order valence-electron chi connectivity index (χ4n) is 2.52. The molecule has 1 heteroatoms. The molecule has 0 saturated carbocycles. The number of nitrogens with zero attached hydrogens (tertiary/aromatic N) is 1. The smallest absolute Gasteiger partial charge is 0.0172 e. The van der Waals surface area contributed by atoms with Crippen LogP contribution in [-0.2, 0) is 0 Å². The van der Waals surface area contributed by atoms with Crippen LogP contribution >= 0.6 is 0 Å². The first kappa shape index (κ1) is 14.3. The van der Waals surface area contributed by atoms with Crippen LogP contribution in [0.1, 0.15) is 59.8 Å². The Balaban J connectivity index is 2.66. The first-order valence-corrected chi connectivity index (χ1v) is 7.37. The second kappa shape index (κ2) is 7.58. The molecule has 0 spiro atoms. The van der Waals surface area contributed by atoms with Crippen LogP contribution in [0, 0.1) is 5.92 Å². The first-order chi connectivity index (χ1) is 8.22. The van der Waals surface area contributed by atoms with Crippen LogP contribution in [0.25, 0.3) is 0 Å². The summed E-state index contributed by atoms with van der Waals surface area (Å²) in [5, 5.41) is 0. The summed E-state index contributed by atoms with van der Waals surface area (Å²) in [5.41, 5.74) is 3.20. The summed E-state index contributed by atoms with van der Waals surface area (Å²) in [6, 6.07) is 0. The lowest BCUT2D eigenvalue weighted by Gasteiger charge is -2.29. The second-order valence-electron chi connectivity index (χ2n) is 5.20. The van der Waals surface area contributed by atoms with E-state index in [4.69, 9.17) is 0 Å². The summed E-state index contributed by atoms with van der Waals surface area (Å²) >= 11 is 0. The lowest BCUT2D eigenvalue weighted by atomic mass is 9.90. The van der Waals surface area contributed by atoms with E-state index in [1.165, 1.54) is 45.2 Å². The summed E-state index contributed by atoms with van der Waals surface area (Å²) in [7, 11) is 0. The Morgan fingerprint density at radius 1 is 1.06 bits per heavy atom. The standard InChI is InChI=1S/C16H29N/c1-5-12-17(13-6-2)16-10-8-15(9-11-16)14(4)7-3/h8,10,14H,5-7,9,11-13H2,1-4H3. The minimum Gasteiger partial charge on any atom is -0.375 e. The van der Waals surface area contributed by atoms with Crippen LogP contribution in [-0.4, -0.2) is 18.0 Å². The molecule has 17 heavy (non-hydrogen) atoms. The summed E-state index contributed by atoms with van der Waals surface area (Å²) in [6.07, 6.45) is 11.0. The van der Waals surface area contributed by atoms with Crippen molar-refractivity contribution in [3.05, 3.63) is 23.4 Å². The maximum absolute atomic E-state index is 2.57. The summed E-state index contributed by atoms with van der Waals surface area (Å²) < 4.78 is 0. The van der Waals surface area contributed by atoms with Crippen LogP contribution in [0.2, 0.25) is 0 Å². The van der Waals surface area contributed by atoms with Crippen LogP contribution < -0.4 is 0 Å². The van der Waals surface area contributed by atoms with E-state index in [1.54, 1.807) is 11.3 Å². The van der Waals surface area contributed by atoms with E-state index in [9.17, 15) is 0 Å². The minimum atomic E-state index is 0.763. The molecule has 1 aliphatic rings. The molecule has 0 aromatic rings. The van der Waals surface area contributed by atoms with Gasteiger partial charge in [0.25, 0.3) is 0 Å². The molecule has 0 amide bonds. The molecule has 1 unspecified atom stereocenters. The molecule has 0 saturated heterocycles. The van der Waals surface area contributed by atoms with Crippen LogP contribution in [0.4, 0.5) is 0 Å². The van der Waals surface area contributed by atoms with Crippen molar-refractivity contribution < 1.29 is 0 Å². The molecule has 0 aliphatic heterocycles. The molecule has 1 aliphatic carbocycles. The van der Waals surface area contributed by atoms with Crippen molar-refractivity contribution in [2.75, 3.05) is 13.1 Å². The Kier molecular flexibility index (Phi) is 6.39. The summed E-state index contributed by atoms with van der Waals surface area (Å²) in [6.45, 7) is 11.6. The normalized spacial score (nSPS) is 17.4. The Morgan fingerprint density at radius 2 is 1.71 bits per heavy atom. The Hall–Kier alpha value is -0.720. The summed E-state index contributed by atoms with van der Waals surface area (Å²) in [5.74, 6) is 0.763. The Bertz CT molecular complexity index is 269. The molecule has 0 fully saturated rings. The fraction of sp³-hybridized carbons (Fsp3) is 0.750. The van der Waals surface area contributed by atoms with Gasteiger partial charge in [-0.1, -0.05) is 39.3 Å². The number of hydrogen-bond donors (Lipinski definition) is 0. The molecule has 0 aromatic heterocycles. The molecule has 0 radical (unpaired) electrons. The predicted octanol–water partition coefficient (Wildman–Crippen LogP) is 4.76. The highest BCUT2D eigenvalue weighted by Gasteiger charge is 2.14. The van der Waals surface area contributed by atoms with Crippen LogP contribution in [0.5, 0.6) is 0 Å². The van der Waals surface area contributed by atoms with Gasteiger partial charge in [0, 0.05) is 18.8 Å². The van der Waals surface area contributed by atoms with Crippen molar-refractivity contribution in [1.82, 2.24) is 4.90 Å². The molecule has 0 aromatic carbocycles. The molecule has 98 valence electrons. The van der Waals surface area contributed by atoms with Crippen molar-refractivity contribution in [1.29, 1.82) is 0 Å². The van der Waals surface area contributed by atoms with E-state index in [-0.39, 0.29) is 0 Å². The topological polar surface area (TPSA) is 3.24 Å². The fourth-order valence-corrected chi connectivity index (χ4v) is 2.52. The molecular formula is C16H29N. The highest BCUT2D eigenvalue weighted by molar-refractivity contribution is 5.24. The van der Waals surface area contributed by atoms with Crippen molar-refractivity contribution in [2.24, 2.45) is 5.92 Å². The van der Waals surface area contributed by atoms with Gasteiger partial charge in [0.1, 0.15) is 0 Å². The zero-order valence-electron chi connectivity index (χ0n) is 12.1. The Morgan fingerprint density at radius 3 is 2.12 bits per heavy atom. The van der Waals surface area contributed by atoms with Gasteiger partial charge in [-0.15, -0.1) is 0 Å². The largest absolute Gasteiger partial charge is 0.375 e. The van der Waals surface area contributed by atoms with Gasteiger partial charge in [-0.3, -0.25) is 0 Å². The average Bonchev–Trinajstić information content (AvgIpc) is 2.38. The highest BCUT2D eigenvalue weighted by Crippen LogP contribution is 2.27. The van der Waals surface area contributed by atoms with Crippen LogP contribution in [0.15, 0.2) is 23.4 Å². The van der Waals surface area contributed by atoms with E-state index >= 15 is 0 Å². The maximum Gasteiger partial charge on any atom is 0.0172 e. The third kappa shape index (κ3) is 4.22. The van der Waals surface area contributed by atoms with Crippen molar-refractivity contribution in [3.8, 4) is 0 Å². The maximum atomic E-state index is 2.57. The van der Waals surface area contributed by atoms with E-state index < -0.39 is 0 Å². The zero-order chi connectivity index (χ0) is 12.7. The van der Waals surface area contributed by atoms with Crippen molar-refractivity contribution in [3.63, 3.8) is 0 Å². The minimum absolute atomic E-state index is 0.763. The van der Waals surface area contributed by atoms with Gasteiger partial charge >= 0.3 is 0 Å². The van der Waals surface area contributed by atoms with E-state index in [0.29, 0.717) is 0 Å². The van der Waals surface area contributed by atoms with Gasteiger partial charge in [-0.2, -0.15) is 0 Å². The quantitative estimate of drug-likeness (QED) is 0.615. The van der Waals surface area contributed by atoms with Gasteiger partial charge in [-0.25, -0.2) is 0 Å². The first-order valence-electron chi connectivity index (χ1n) is 7.37. The Labute approximate surface area is 108 Å². The third-order valence-electron chi connectivity index (χ3n) is 3.80. The van der Waals surface area contributed by atoms with Gasteiger partial charge < -0.3 is 4.90 Å². The van der Waals surface area contributed by atoms with Gasteiger partial charge in [0.2, 0.25) is 0 Å².